The van der Waals surface area contributed by atoms with Crippen LogP contribution in [0.5, 0.6) is 17.2 Å². The number of hydrogen-bond donors (Lipinski definition) is 3. The van der Waals surface area contributed by atoms with Crippen molar-refractivity contribution in [2.24, 2.45) is 5.73 Å². The molecular formula is C20H24N4O2. The quantitative estimate of drug-likeness (QED) is 0.786. The molecule has 1 saturated heterocycles. The van der Waals surface area contributed by atoms with Crippen molar-refractivity contribution in [2.75, 3.05) is 24.7 Å². The third kappa shape index (κ3) is 3.55. The predicted octanol–water partition coefficient (Wildman–Crippen LogP) is 2.77. The normalized spacial score (nSPS) is 20.2. The second kappa shape index (κ2) is 7.17. The average Bonchev–Trinajstić information content (AvgIpc) is 3.07. The molecule has 6 heteroatoms. The zero-order valence-corrected chi connectivity index (χ0v) is 14.6. The molecule has 0 radical (unpaired) electrons. The zero-order chi connectivity index (χ0) is 17.9. The van der Waals surface area contributed by atoms with Crippen molar-refractivity contribution < 1.29 is 9.84 Å². The highest BCUT2D eigenvalue weighted by Crippen LogP contribution is 2.29. The van der Waals surface area contributed by atoms with Crippen LogP contribution in [0.15, 0.2) is 60.6 Å². The Morgan fingerprint density at radius 2 is 1.73 bits per heavy atom. The van der Waals surface area contributed by atoms with Crippen LogP contribution in [-0.4, -0.2) is 35.8 Å². The molecule has 0 amide bonds. The van der Waals surface area contributed by atoms with E-state index in [1.54, 1.807) is 24.3 Å². The molecule has 1 atom stereocenters. The average molecular weight is 352 g/mol. The van der Waals surface area contributed by atoms with Crippen molar-refractivity contribution in [1.29, 1.82) is 0 Å². The molecule has 2 aliphatic rings. The Morgan fingerprint density at radius 1 is 1.04 bits per heavy atom. The van der Waals surface area contributed by atoms with Crippen LogP contribution in [0.2, 0.25) is 0 Å². The summed E-state index contributed by atoms with van der Waals surface area (Å²) in [6.45, 7) is 2.89. The molecule has 0 saturated carbocycles. The largest absolute Gasteiger partial charge is 0.508 e. The highest BCUT2D eigenvalue weighted by molar-refractivity contribution is 5.55. The summed E-state index contributed by atoms with van der Waals surface area (Å²) >= 11 is 0. The van der Waals surface area contributed by atoms with Crippen LogP contribution in [0.3, 0.4) is 0 Å². The van der Waals surface area contributed by atoms with E-state index in [1.165, 1.54) is 12.8 Å². The molecule has 2 aliphatic heterocycles. The number of rotatable bonds is 4. The second-order valence-electron chi connectivity index (χ2n) is 6.73. The minimum atomic E-state index is 0.224. The van der Waals surface area contributed by atoms with E-state index < -0.39 is 0 Å². The maximum Gasteiger partial charge on any atom is 0.127 e. The van der Waals surface area contributed by atoms with E-state index >= 15 is 0 Å². The van der Waals surface area contributed by atoms with Gasteiger partial charge in [-0.25, -0.2) is 0 Å². The molecule has 2 aromatic carbocycles. The molecule has 26 heavy (non-hydrogen) atoms. The van der Waals surface area contributed by atoms with Crippen LogP contribution in [-0.2, 0) is 0 Å². The maximum atomic E-state index is 9.33. The lowest BCUT2D eigenvalue weighted by Gasteiger charge is -2.32. The van der Waals surface area contributed by atoms with Gasteiger partial charge >= 0.3 is 0 Å². The molecule has 2 heterocycles. The molecule has 0 aliphatic carbocycles. The van der Waals surface area contributed by atoms with Gasteiger partial charge in [-0.1, -0.05) is 0 Å². The number of hydrogen-bond acceptors (Lipinski definition) is 6. The Morgan fingerprint density at radius 3 is 2.38 bits per heavy atom. The van der Waals surface area contributed by atoms with E-state index in [0.717, 1.165) is 37.0 Å². The minimum Gasteiger partial charge on any atom is -0.508 e. The Kier molecular flexibility index (Phi) is 4.58. The number of benzene rings is 2. The number of aromatic hydroxyl groups is 1. The number of phenolic OH excluding ortho intramolecular Hbond substituents is 1. The predicted molar refractivity (Wildman–Crippen MR) is 102 cm³/mol. The highest BCUT2D eigenvalue weighted by Gasteiger charge is 2.26. The lowest BCUT2D eigenvalue weighted by molar-refractivity contribution is 0.245. The van der Waals surface area contributed by atoms with Crippen molar-refractivity contribution in [3.8, 4) is 17.2 Å². The van der Waals surface area contributed by atoms with Gasteiger partial charge in [0.25, 0.3) is 0 Å². The van der Waals surface area contributed by atoms with Gasteiger partial charge in [0.15, 0.2) is 0 Å². The number of piperidine rings is 1. The molecule has 1 fully saturated rings. The molecule has 136 valence electrons. The van der Waals surface area contributed by atoms with E-state index in [9.17, 15) is 5.11 Å². The molecule has 0 bridgehead atoms. The summed E-state index contributed by atoms with van der Waals surface area (Å²) in [4.78, 5) is 4.43. The molecule has 4 rings (SSSR count). The summed E-state index contributed by atoms with van der Waals surface area (Å²) in [6, 6.07) is 15.1. The van der Waals surface area contributed by atoms with Crippen LogP contribution in [0.25, 0.3) is 0 Å². The van der Waals surface area contributed by atoms with Gasteiger partial charge in [0.1, 0.15) is 23.1 Å². The Hall–Kier alpha value is -2.86. The summed E-state index contributed by atoms with van der Waals surface area (Å²) in [5.74, 6) is 2.42. The second-order valence-corrected chi connectivity index (χ2v) is 6.73. The fourth-order valence-corrected chi connectivity index (χ4v) is 3.44. The number of nitrogens with zero attached hydrogens (tertiary/aromatic N) is 2. The number of nitrogens with one attached hydrogen (secondary N) is 1. The highest BCUT2D eigenvalue weighted by atomic mass is 16.5. The first-order valence-electron chi connectivity index (χ1n) is 8.97. The summed E-state index contributed by atoms with van der Waals surface area (Å²) in [6.07, 6.45) is 4.46. The maximum absolute atomic E-state index is 9.33. The zero-order valence-electron chi connectivity index (χ0n) is 14.6. The van der Waals surface area contributed by atoms with Crippen LogP contribution in [0.1, 0.15) is 12.8 Å². The van der Waals surface area contributed by atoms with Crippen LogP contribution < -0.4 is 20.7 Å². The molecule has 4 N–H and O–H groups in total. The van der Waals surface area contributed by atoms with E-state index in [2.05, 4.69) is 21.3 Å². The minimum absolute atomic E-state index is 0.224. The fraction of sp³-hybridized carbons (Fsp3) is 0.300. The van der Waals surface area contributed by atoms with E-state index in [0.29, 0.717) is 11.8 Å². The van der Waals surface area contributed by atoms with Gasteiger partial charge in [-0.05, 0) is 67.9 Å². The van der Waals surface area contributed by atoms with E-state index in [4.69, 9.17) is 10.5 Å². The summed E-state index contributed by atoms with van der Waals surface area (Å²) < 4.78 is 5.80. The van der Waals surface area contributed by atoms with Crippen molar-refractivity contribution in [1.82, 2.24) is 10.2 Å². The van der Waals surface area contributed by atoms with Gasteiger partial charge in [0.2, 0.25) is 0 Å². The van der Waals surface area contributed by atoms with Crippen molar-refractivity contribution in [2.45, 2.75) is 18.9 Å². The monoisotopic (exact) mass is 352 g/mol. The van der Waals surface area contributed by atoms with Crippen molar-refractivity contribution in [3.05, 3.63) is 60.6 Å². The smallest absolute Gasteiger partial charge is 0.127 e. The Labute approximate surface area is 153 Å². The Balaban J connectivity index is 1.42. The third-order valence-electron chi connectivity index (χ3n) is 4.88. The van der Waals surface area contributed by atoms with Crippen LogP contribution >= 0.6 is 0 Å². The molecule has 0 unspecified atom stereocenters. The topological polar surface area (TPSA) is 74.0 Å². The summed E-state index contributed by atoms with van der Waals surface area (Å²) in [5.41, 5.74) is 7.30. The molecular weight excluding hydrogens is 328 g/mol. The number of phenols is 1. The number of nitrogens with two attached hydrogens (primary N) is 1. The molecule has 0 aromatic heterocycles. The van der Waals surface area contributed by atoms with E-state index in [1.807, 2.05) is 24.3 Å². The van der Waals surface area contributed by atoms with Gasteiger partial charge in [0, 0.05) is 24.5 Å². The molecule has 2 aromatic rings. The van der Waals surface area contributed by atoms with Crippen molar-refractivity contribution in [3.63, 3.8) is 0 Å². The lowest BCUT2D eigenvalue weighted by Crippen LogP contribution is -2.44. The van der Waals surface area contributed by atoms with Crippen molar-refractivity contribution >= 4 is 5.69 Å². The standard InChI is InChI=1S/C20H24N4O2/c21-20-13-23(16-2-1-11-22-12-16)14-24(20)15-3-7-18(8-4-15)26-19-9-5-17(25)6-10-19/h3-10,13,16,22,25H,1-2,11-12,14,21H2/t16-/m1/s1. The number of ether oxygens (including phenoxy) is 1. The number of anilines is 1. The van der Waals surface area contributed by atoms with Gasteiger partial charge in [-0.2, -0.15) is 0 Å². The summed E-state index contributed by atoms with van der Waals surface area (Å²) in [7, 11) is 0. The summed E-state index contributed by atoms with van der Waals surface area (Å²) in [5, 5.41) is 12.8. The van der Waals surface area contributed by atoms with E-state index in [-0.39, 0.29) is 5.75 Å². The first-order chi connectivity index (χ1) is 12.7. The van der Waals surface area contributed by atoms with Gasteiger partial charge < -0.3 is 30.7 Å². The van der Waals surface area contributed by atoms with Crippen LogP contribution in [0.4, 0.5) is 5.69 Å². The van der Waals surface area contributed by atoms with Gasteiger partial charge in [-0.15, -0.1) is 0 Å². The Bertz CT molecular complexity index is 767. The third-order valence-corrected chi connectivity index (χ3v) is 4.88. The van der Waals surface area contributed by atoms with Gasteiger partial charge in [0.05, 0.1) is 6.67 Å². The first-order valence-corrected chi connectivity index (χ1v) is 8.97. The molecule has 0 spiro atoms. The van der Waals surface area contributed by atoms with Crippen LogP contribution in [0, 0.1) is 0 Å². The fourth-order valence-electron chi connectivity index (χ4n) is 3.44. The van der Waals surface area contributed by atoms with Gasteiger partial charge in [-0.3, -0.25) is 0 Å². The lowest BCUT2D eigenvalue weighted by atomic mass is 10.1. The SMILES string of the molecule is NC1=CN([C@@H]2CCCNC2)CN1c1ccc(Oc2ccc(O)cc2)cc1. The first kappa shape index (κ1) is 16.6. The molecule has 6 nitrogen and oxygen atoms in total.